The van der Waals surface area contributed by atoms with Gasteiger partial charge in [-0.05, 0) is 23.8 Å². The van der Waals surface area contributed by atoms with Crippen molar-refractivity contribution in [1.29, 1.82) is 0 Å². The topological polar surface area (TPSA) is 54.5 Å². The molecular formula is C19H19F4N3O2. The lowest BCUT2D eigenvalue weighted by Crippen LogP contribution is -2.43. The molecule has 1 aliphatic rings. The van der Waals surface area contributed by atoms with Crippen LogP contribution in [0.25, 0.3) is 0 Å². The Morgan fingerprint density at radius 1 is 1.18 bits per heavy atom. The number of benzene rings is 1. The van der Waals surface area contributed by atoms with E-state index in [1.165, 1.54) is 24.4 Å². The molecule has 0 saturated carbocycles. The van der Waals surface area contributed by atoms with Gasteiger partial charge >= 0.3 is 6.18 Å². The number of hydrogen-bond acceptors (Lipinski definition) is 4. The van der Waals surface area contributed by atoms with Crippen LogP contribution in [0.3, 0.4) is 0 Å². The molecule has 1 aromatic carbocycles. The van der Waals surface area contributed by atoms with E-state index in [1.807, 2.05) is 4.90 Å². The van der Waals surface area contributed by atoms with Gasteiger partial charge in [-0.1, -0.05) is 12.1 Å². The molecule has 1 aromatic heterocycles. The molecule has 0 spiro atoms. The monoisotopic (exact) mass is 397 g/mol. The van der Waals surface area contributed by atoms with Crippen molar-refractivity contribution in [2.45, 2.75) is 12.2 Å². The average molecular weight is 397 g/mol. The first-order chi connectivity index (χ1) is 13.3. The van der Waals surface area contributed by atoms with Crippen LogP contribution in [0.4, 0.5) is 17.6 Å². The van der Waals surface area contributed by atoms with E-state index in [-0.39, 0.29) is 18.2 Å². The molecular weight excluding hydrogens is 378 g/mol. The van der Waals surface area contributed by atoms with E-state index in [1.54, 1.807) is 0 Å². The van der Waals surface area contributed by atoms with Gasteiger partial charge in [-0.25, -0.2) is 4.98 Å². The van der Waals surface area contributed by atoms with Gasteiger partial charge in [0.1, 0.15) is 0 Å². The summed E-state index contributed by atoms with van der Waals surface area (Å²) in [5.74, 6) is -1.24. The third kappa shape index (κ3) is 5.05. The SMILES string of the molecule is O=C(NCC(c1ccc(C(F)(F)F)cc1)N1CCOCC1)c1ccnc(F)c1. The highest BCUT2D eigenvalue weighted by Crippen LogP contribution is 2.31. The van der Waals surface area contributed by atoms with Crippen LogP contribution in [0, 0.1) is 5.95 Å². The Bertz CT molecular complexity index is 806. The maximum atomic E-state index is 13.2. The zero-order valence-corrected chi connectivity index (χ0v) is 14.9. The standard InChI is InChI=1S/C19H19F4N3O2/c20-17-11-14(5-6-24-17)18(27)25-12-16(26-7-9-28-10-8-26)13-1-3-15(4-2-13)19(21,22)23/h1-6,11,16H,7-10,12H2,(H,25,27). The van der Waals surface area contributed by atoms with E-state index in [0.29, 0.717) is 31.9 Å². The number of ether oxygens (including phenoxy) is 1. The number of nitrogens with one attached hydrogen (secondary N) is 1. The molecule has 9 heteroatoms. The van der Waals surface area contributed by atoms with Crippen LogP contribution >= 0.6 is 0 Å². The van der Waals surface area contributed by atoms with Gasteiger partial charge in [0.2, 0.25) is 5.95 Å². The van der Waals surface area contributed by atoms with Crippen molar-refractivity contribution in [3.05, 3.63) is 65.2 Å². The number of amides is 1. The van der Waals surface area contributed by atoms with Gasteiger partial charge in [0, 0.05) is 37.5 Å². The van der Waals surface area contributed by atoms with Crippen molar-refractivity contribution in [3.8, 4) is 0 Å². The molecule has 0 aliphatic carbocycles. The fourth-order valence-corrected chi connectivity index (χ4v) is 3.08. The quantitative estimate of drug-likeness (QED) is 0.623. The lowest BCUT2D eigenvalue weighted by atomic mass is 10.0. The van der Waals surface area contributed by atoms with Crippen LogP contribution in [0.2, 0.25) is 0 Å². The van der Waals surface area contributed by atoms with Crippen LogP contribution in [0.1, 0.15) is 27.5 Å². The van der Waals surface area contributed by atoms with Crippen molar-refractivity contribution >= 4 is 5.91 Å². The lowest BCUT2D eigenvalue weighted by molar-refractivity contribution is -0.137. The second kappa shape index (κ2) is 8.66. The summed E-state index contributed by atoms with van der Waals surface area (Å²) < 4.78 is 57.0. The molecule has 1 unspecified atom stereocenters. The summed E-state index contributed by atoms with van der Waals surface area (Å²) in [4.78, 5) is 17.8. The van der Waals surface area contributed by atoms with Crippen molar-refractivity contribution in [1.82, 2.24) is 15.2 Å². The number of hydrogen-bond donors (Lipinski definition) is 1. The molecule has 1 saturated heterocycles. The first-order valence-electron chi connectivity index (χ1n) is 8.73. The maximum absolute atomic E-state index is 13.2. The van der Waals surface area contributed by atoms with Gasteiger partial charge in [0.05, 0.1) is 24.8 Å². The van der Waals surface area contributed by atoms with E-state index in [2.05, 4.69) is 10.3 Å². The zero-order valence-electron chi connectivity index (χ0n) is 14.9. The van der Waals surface area contributed by atoms with E-state index < -0.39 is 23.6 Å². The molecule has 1 amide bonds. The van der Waals surface area contributed by atoms with Crippen molar-refractivity contribution in [2.24, 2.45) is 0 Å². The Morgan fingerprint density at radius 3 is 2.46 bits per heavy atom. The predicted octanol–water partition coefficient (Wildman–Crippen LogP) is 3.04. The molecule has 0 radical (unpaired) electrons. The fraction of sp³-hybridized carbons (Fsp3) is 0.368. The summed E-state index contributed by atoms with van der Waals surface area (Å²) in [7, 11) is 0. The zero-order chi connectivity index (χ0) is 20.1. The number of morpholine rings is 1. The third-order valence-corrected chi connectivity index (χ3v) is 4.55. The molecule has 1 fully saturated rings. The number of nitrogens with zero attached hydrogens (tertiary/aromatic N) is 2. The number of aromatic nitrogens is 1. The Labute approximate surface area is 159 Å². The minimum absolute atomic E-state index is 0.126. The highest BCUT2D eigenvalue weighted by molar-refractivity contribution is 5.94. The van der Waals surface area contributed by atoms with Gasteiger partial charge in [-0.3, -0.25) is 9.69 Å². The minimum atomic E-state index is -4.41. The Kier molecular flexibility index (Phi) is 6.25. The number of carbonyl (C=O) groups is 1. The number of rotatable bonds is 5. The second-order valence-corrected chi connectivity index (χ2v) is 6.36. The Balaban J connectivity index is 1.76. The molecule has 150 valence electrons. The molecule has 28 heavy (non-hydrogen) atoms. The number of pyridine rings is 1. The number of halogens is 4. The van der Waals surface area contributed by atoms with Crippen LogP contribution in [-0.2, 0) is 10.9 Å². The van der Waals surface area contributed by atoms with Crippen LogP contribution in [0.5, 0.6) is 0 Å². The first kappa shape index (κ1) is 20.2. The number of carbonyl (C=O) groups excluding carboxylic acids is 1. The summed E-state index contributed by atoms with van der Waals surface area (Å²) >= 11 is 0. The first-order valence-corrected chi connectivity index (χ1v) is 8.73. The fourth-order valence-electron chi connectivity index (χ4n) is 3.08. The second-order valence-electron chi connectivity index (χ2n) is 6.36. The van der Waals surface area contributed by atoms with Crippen molar-refractivity contribution in [2.75, 3.05) is 32.8 Å². The third-order valence-electron chi connectivity index (χ3n) is 4.55. The highest BCUT2D eigenvalue weighted by Gasteiger charge is 2.31. The molecule has 2 aromatic rings. The van der Waals surface area contributed by atoms with Gasteiger partial charge in [0.15, 0.2) is 0 Å². The average Bonchev–Trinajstić information content (AvgIpc) is 2.68. The molecule has 5 nitrogen and oxygen atoms in total. The molecule has 0 bridgehead atoms. The van der Waals surface area contributed by atoms with Crippen molar-refractivity contribution < 1.29 is 27.1 Å². The normalized spacial score (nSPS) is 16.6. The molecule has 2 heterocycles. The van der Waals surface area contributed by atoms with Crippen LogP contribution in [-0.4, -0.2) is 48.6 Å². The van der Waals surface area contributed by atoms with Crippen LogP contribution in [0.15, 0.2) is 42.6 Å². The minimum Gasteiger partial charge on any atom is -0.379 e. The summed E-state index contributed by atoms with van der Waals surface area (Å²) in [5, 5.41) is 2.73. The Morgan fingerprint density at radius 2 is 1.86 bits per heavy atom. The van der Waals surface area contributed by atoms with Gasteiger partial charge in [0.25, 0.3) is 5.91 Å². The predicted molar refractivity (Wildman–Crippen MR) is 93.1 cm³/mol. The van der Waals surface area contributed by atoms with Gasteiger partial charge in [-0.15, -0.1) is 0 Å². The summed E-state index contributed by atoms with van der Waals surface area (Å²) in [5.41, 5.74) is 0.0463. The molecule has 3 rings (SSSR count). The van der Waals surface area contributed by atoms with Crippen LogP contribution < -0.4 is 5.32 Å². The molecule has 1 atom stereocenters. The van der Waals surface area contributed by atoms with E-state index in [4.69, 9.17) is 4.74 Å². The van der Waals surface area contributed by atoms with Crippen molar-refractivity contribution in [3.63, 3.8) is 0 Å². The lowest BCUT2D eigenvalue weighted by Gasteiger charge is -2.35. The largest absolute Gasteiger partial charge is 0.416 e. The Hall–Kier alpha value is -2.52. The van der Waals surface area contributed by atoms with Gasteiger partial charge < -0.3 is 10.1 Å². The summed E-state index contributed by atoms with van der Waals surface area (Å²) in [6.45, 7) is 2.34. The number of alkyl halides is 3. The summed E-state index contributed by atoms with van der Waals surface area (Å²) in [6, 6.07) is 6.98. The van der Waals surface area contributed by atoms with E-state index >= 15 is 0 Å². The van der Waals surface area contributed by atoms with Gasteiger partial charge in [-0.2, -0.15) is 17.6 Å². The molecule has 1 N–H and O–H groups in total. The summed E-state index contributed by atoms with van der Waals surface area (Å²) in [6.07, 6.45) is -3.22. The van der Waals surface area contributed by atoms with E-state index in [9.17, 15) is 22.4 Å². The van der Waals surface area contributed by atoms with E-state index in [0.717, 1.165) is 18.2 Å². The maximum Gasteiger partial charge on any atom is 0.416 e. The molecule has 1 aliphatic heterocycles. The smallest absolute Gasteiger partial charge is 0.379 e. The highest BCUT2D eigenvalue weighted by atomic mass is 19.4.